The SMILES string of the molecule is Cc1ccccc1Cn1nc(-c2ccc(Br)cc2)c(Cl)c1-c1ccc(Br)cc1. The molecule has 0 aliphatic carbocycles. The van der Waals surface area contributed by atoms with Crippen LogP contribution in [0.25, 0.3) is 22.5 Å². The second-order valence-corrected chi connectivity index (χ2v) is 8.82. The van der Waals surface area contributed by atoms with Crippen molar-refractivity contribution in [1.29, 1.82) is 0 Å². The molecule has 0 unspecified atom stereocenters. The number of halogens is 3. The number of rotatable bonds is 4. The van der Waals surface area contributed by atoms with Crippen molar-refractivity contribution in [2.24, 2.45) is 0 Å². The molecule has 1 aromatic heterocycles. The summed E-state index contributed by atoms with van der Waals surface area (Å²) in [6.45, 7) is 2.78. The quantitative estimate of drug-likeness (QED) is 0.271. The third-order valence-corrected chi connectivity index (χ3v) is 6.13. The Balaban J connectivity index is 1.87. The van der Waals surface area contributed by atoms with Crippen LogP contribution in [0.15, 0.2) is 81.7 Å². The number of aryl methyl sites for hydroxylation is 1. The lowest BCUT2D eigenvalue weighted by molar-refractivity contribution is 0.694. The molecule has 0 aliphatic rings. The average Bonchev–Trinajstić information content (AvgIpc) is 3.01. The van der Waals surface area contributed by atoms with E-state index in [-0.39, 0.29) is 0 Å². The summed E-state index contributed by atoms with van der Waals surface area (Å²) < 4.78 is 4.07. The molecule has 0 N–H and O–H groups in total. The van der Waals surface area contributed by atoms with Gasteiger partial charge in [0.25, 0.3) is 0 Å². The van der Waals surface area contributed by atoms with Gasteiger partial charge in [0.2, 0.25) is 0 Å². The van der Waals surface area contributed by atoms with E-state index in [1.807, 2.05) is 41.1 Å². The van der Waals surface area contributed by atoms with Crippen molar-refractivity contribution in [3.63, 3.8) is 0 Å². The summed E-state index contributed by atoms with van der Waals surface area (Å²) in [5.74, 6) is 0. The number of hydrogen-bond donors (Lipinski definition) is 0. The highest BCUT2D eigenvalue weighted by Gasteiger charge is 2.19. The molecule has 140 valence electrons. The van der Waals surface area contributed by atoms with Crippen LogP contribution in [0.5, 0.6) is 0 Å². The second kappa shape index (κ2) is 8.24. The van der Waals surface area contributed by atoms with E-state index >= 15 is 0 Å². The summed E-state index contributed by atoms with van der Waals surface area (Å²) in [6, 6.07) is 24.6. The first-order valence-electron chi connectivity index (χ1n) is 8.85. The first kappa shape index (κ1) is 19.4. The Kier molecular flexibility index (Phi) is 5.72. The molecule has 0 fully saturated rings. The van der Waals surface area contributed by atoms with Gasteiger partial charge in [-0.1, -0.05) is 92.0 Å². The Hall–Kier alpha value is -1.88. The molecule has 0 spiro atoms. The fraction of sp³-hybridized carbons (Fsp3) is 0.0870. The fourth-order valence-corrected chi connectivity index (χ4v) is 4.06. The molecule has 4 aromatic rings. The maximum Gasteiger partial charge on any atom is 0.112 e. The summed E-state index contributed by atoms with van der Waals surface area (Å²) in [6.07, 6.45) is 0. The average molecular weight is 517 g/mol. The molecule has 0 bridgehead atoms. The summed E-state index contributed by atoms with van der Waals surface area (Å²) in [4.78, 5) is 0. The van der Waals surface area contributed by atoms with Crippen LogP contribution in [0, 0.1) is 6.92 Å². The maximum atomic E-state index is 6.88. The smallest absolute Gasteiger partial charge is 0.112 e. The highest BCUT2D eigenvalue weighted by atomic mass is 79.9. The Morgan fingerprint density at radius 2 is 1.39 bits per heavy atom. The number of hydrogen-bond acceptors (Lipinski definition) is 1. The van der Waals surface area contributed by atoms with Crippen molar-refractivity contribution in [2.45, 2.75) is 13.5 Å². The molecule has 3 aromatic carbocycles. The van der Waals surface area contributed by atoms with Crippen LogP contribution in [0.2, 0.25) is 5.02 Å². The lowest BCUT2D eigenvalue weighted by atomic mass is 10.1. The minimum absolute atomic E-state index is 0.661. The van der Waals surface area contributed by atoms with Crippen LogP contribution in [-0.2, 0) is 6.54 Å². The third-order valence-electron chi connectivity index (χ3n) is 4.71. The van der Waals surface area contributed by atoms with Gasteiger partial charge in [0, 0.05) is 20.1 Å². The van der Waals surface area contributed by atoms with Gasteiger partial charge in [0.1, 0.15) is 5.69 Å². The van der Waals surface area contributed by atoms with Crippen LogP contribution in [0.4, 0.5) is 0 Å². The molecule has 28 heavy (non-hydrogen) atoms. The maximum absolute atomic E-state index is 6.88. The van der Waals surface area contributed by atoms with E-state index in [1.165, 1.54) is 11.1 Å². The Morgan fingerprint density at radius 1 is 0.821 bits per heavy atom. The molecule has 5 heteroatoms. The molecule has 0 saturated carbocycles. The highest BCUT2D eigenvalue weighted by molar-refractivity contribution is 9.10. The molecule has 2 nitrogen and oxygen atoms in total. The van der Waals surface area contributed by atoms with Crippen molar-refractivity contribution in [1.82, 2.24) is 9.78 Å². The zero-order valence-electron chi connectivity index (χ0n) is 15.2. The van der Waals surface area contributed by atoms with E-state index in [9.17, 15) is 0 Å². The predicted molar refractivity (Wildman–Crippen MR) is 124 cm³/mol. The van der Waals surface area contributed by atoms with Gasteiger partial charge in [-0.3, -0.25) is 4.68 Å². The first-order valence-corrected chi connectivity index (χ1v) is 10.8. The third kappa shape index (κ3) is 3.95. The Morgan fingerprint density at radius 3 is 2.00 bits per heavy atom. The van der Waals surface area contributed by atoms with E-state index in [4.69, 9.17) is 16.7 Å². The molecular weight excluding hydrogens is 500 g/mol. The summed E-state index contributed by atoms with van der Waals surface area (Å²) in [7, 11) is 0. The fourth-order valence-electron chi connectivity index (χ4n) is 3.18. The minimum atomic E-state index is 0.661. The zero-order chi connectivity index (χ0) is 19.7. The summed E-state index contributed by atoms with van der Waals surface area (Å²) in [5, 5.41) is 5.57. The van der Waals surface area contributed by atoms with Crippen LogP contribution < -0.4 is 0 Å². The van der Waals surface area contributed by atoms with Crippen molar-refractivity contribution in [3.8, 4) is 22.5 Å². The topological polar surface area (TPSA) is 17.8 Å². The van der Waals surface area contributed by atoms with Crippen LogP contribution in [0.3, 0.4) is 0 Å². The van der Waals surface area contributed by atoms with Crippen LogP contribution in [0.1, 0.15) is 11.1 Å². The van der Waals surface area contributed by atoms with Gasteiger partial charge in [0.15, 0.2) is 0 Å². The Labute approximate surface area is 186 Å². The van der Waals surface area contributed by atoms with Crippen LogP contribution >= 0.6 is 43.5 Å². The van der Waals surface area contributed by atoms with Crippen molar-refractivity contribution in [3.05, 3.63) is 97.9 Å². The van der Waals surface area contributed by atoms with Crippen molar-refractivity contribution in [2.75, 3.05) is 0 Å². The number of nitrogens with zero attached hydrogens (tertiary/aromatic N) is 2. The van der Waals surface area contributed by atoms with E-state index < -0.39 is 0 Å². The van der Waals surface area contributed by atoms with Gasteiger partial charge in [-0.25, -0.2) is 0 Å². The molecule has 0 saturated heterocycles. The largest absolute Gasteiger partial charge is 0.258 e. The molecule has 0 aliphatic heterocycles. The lowest BCUT2D eigenvalue weighted by Crippen LogP contribution is -2.05. The van der Waals surface area contributed by atoms with Gasteiger partial charge < -0.3 is 0 Å². The van der Waals surface area contributed by atoms with Gasteiger partial charge in [-0.15, -0.1) is 0 Å². The number of benzene rings is 3. The van der Waals surface area contributed by atoms with Gasteiger partial charge in [0.05, 0.1) is 17.3 Å². The second-order valence-electron chi connectivity index (χ2n) is 6.61. The molecular formula is C23H17Br2ClN2. The summed E-state index contributed by atoms with van der Waals surface area (Å²) >= 11 is 13.9. The standard InChI is InChI=1S/C23H17Br2ClN2/c1-15-4-2-3-5-18(15)14-28-23(17-8-12-20(25)13-9-17)21(26)22(27-28)16-6-10-19(24)11-7-16/h2-13H,14H2,1H3. The zero-order valence-corrected chi connectivity index (χ0v) is 19.1. The lowest BCUT2D eigenvalue weighted by Gasteiger charge is -2.10. The Bertz CT molecular complexity index is 1120. The van der Waals surface area contributed by atoms with Gasteiger partial charge in [-0.05, 0) is 42.3 Å². The van der Waals surface area contributed by atoms with Gasteiger partial charge in [-0.2, -0.15) is 5.10 Å². The minimum Gasteiger partial charge on any atom is -0.258 e. The van der Waals surface area contributed by atoms with E-state index in [0.29, 0.717) is 11.6 Å². The van der Waals surface area contributed by atoms with Crippen LogP contribution in [-0.4, -0.2) is 9.78 Å². The summed E-state index contributed by atoms with van der Waals surface area (Å²) in [5.41, 5.74) is 6.22. The number of aromatic nitrogens is 2. The molecule has 4 rings (SSSR count). The molecule has 0 amide bonds. The predicted octanol–water partition coefficient (Wildman–Crippen LogP) is 7.75. The highest BCUT2D eigenvalue weighted by Crippen LogP contribution is 2.37. The molecule has 0 atom stereocenters. The van der Waals surface area contributed by atoms with Gasteiger partial charge >= 0.3 is 0 Å². The van der Waals surface area contributed by atoms with E-state index in [1.54, 1.807) is 0 Å². The monoisotopic (exact) mass is 514 g/mol. The van der Waals surface area contributed by atoms with Crippen molar-refractivity contribution < 1.29 is 0 Å². The normalized spacial score (nSPS) is 11.0. The first-order chi connectivity index (χ1) is 13.5. The van der Waals surface area contributed by atoms with E-state index in [0.717, 1.165) is 31.5 Å². The molecule has 0 radical (unpaired) electrons. The van der Waals surface area contributed by atoms with Crippen molar-refractivity contribution >= 4 is 43.5 Å². The molecule has 1 heterocycles. The van der Waals surface area contributed by atoms with E-state index in [2.05, 4.69) is 75.2 Å².